The number of anilines is 1. The Bertz CT molecular complexity index is 1630. The van der Waals surface area contributed by atoms with Gasteiger partial charge in [-0.05, 0) is 53.9 Å². The van der Waals surface area contributed by atoms with Gasteiger partial charge in [0, 0.05) is 13.1 Å². The highest BCUT2D eigenvalue weighted by Crippen LogP contribution is 2.33. The molecule has 0 unspecified atom stereocenters. The highest BCUT2D eigenvalue weighted by Gasteiger charge is 2.36. The van der Waals surface area contributed by atoms with Gasteiger partial charge in [-0.25, -0.2) is 12.8 Å². The van der Waals surface area contributed by atoms with E-state index in [0.29, 0.717) is 30.0 Å². The molecule has 0 saturated heterocycles. The fourth-order valence-electron chi connectivity index (χ4n) is 4.69. The lowest BCUT2D eigenvalue weighted by Crippen LogP contribution is -2.53. The first-order valence-electron chi connectivity index (χ1n) is 13.5. The number of fused-ring (bicyclic) bond motifs is 1. The number of ether oxygens (including phenoxy) is 1. The third kappa shape index (κ3) is 6.84. The van der Waals surface area contributed by atoms with Crippen molar-refractivity contribution in [1.82, 2.24) is 9.62 Å². The van der Waals surface area contributed by atoms with Gasteiger partial charge < -0.3 is 15.0 Å². The topological polar surface area (TPSA) is 96.0 Å². The fourth-order valence-corrected chi connectivity index (χ4v) is 6.09. The van der Waals surface area contributed by atoms with Crippen molar-refractivity contribution >= 4 is 27.5 Å². The van der Waals surface area contributed by atoms with Gasteiger partial charge in [0.15, 0.2) is 6.10 Å². The average molecular weight is 588 g/mol. The number of para-hydroxylation sites is 2. The van der Waals surface area contributed by atoms with E-state index in [9.17, 15) is 22.4 Å². The lowest BCUT2D eigenvalue weighted by molar-refractivity contribution is -0.128. The van der Waals surface area contributed by atoms with Gasteiger partial charge in [0.2, 0.25) is 15.9 Å². The number of hydrogen-bond acceptors (Lipinski definition) is 5. The SMILES string of the molecule is O=C(NCCc1ccccc1)[C@H]1CN(C(=O)CN(Cc2ccc(F)cc2)S(=O)(=O)c2ccccc2)c2ccccc2O1. The number of carbonyl (C=O) groups excluding carboxylic acids is 2. The van der Waals surface area contributed by atoms with Crippen molar-refractivity contribution < 1.29 is 27.1 Å². The van der Waals surface area contributed by atoms with Crippen molar-refractivity contribution in [3.63, 3.8) is 0 Å². The zero-order chi connectivity index (χ0) is 29.5. The maximum Gasteiger partial charge on any atom is 0.262 e. The van der Waals surface area contributed by atoms with Gasteiger partial charge in [0.1, 0.15) is 11.6 Å². The van der Waals surface area contributed by atoms with Crippen LogP contribution in [0.2, 0.25) is 0 Å². The van der Waals surface area contributed by atoms with E-state index >= 15 is 0 Å². The summed E-state index contributed by atoms with van der Waals surface area (Å²) in [4.78, 5) is 28.3. The van der Waals surface area contributed by atoms with E-state index < -0.39 is 34.4 Å². The van der Waals surface area contributed by atoms with Crippen LogP contribution in [0.5, 0.6) is 5.75 Å². The maximum absolute atomic E-state index is 13.8. The van der Waals surface area contributed by atoms with Crippen LogP contribution in [0, 0.1) is 5.82 Å². The molecule has 0 bridgehead atoms. The van der Waals surface area contributed by atoms with Crippen LogP contribution >= 0.6 is 0 Å². The van der Waals surface area contributed by atoms with Gasteiger partial charge in [-0.15, -0.1) is 0 Å². The van der Waals surface area contributed by atoms with Crippen LogP contribution in [-0.4, -0.2) is 50.3 Å². The molecule has 0 fully saturated rings. The largest absolute Gasteiger partial charge is 0.477 e. The number of nitrogens with zero attached hydrogens (tertiary/aromatic N) is 2. The molecule has 1 atom stereocenters. The average Bonchev–Trinajstić information content (AvgIpc) is 3.02. The third-order valence-corrected chi connectivity index (χ3v) is 8.69. The van der Waals surface area contributed by atoms with Crippen molar-refractivity contribution in [1.29, 1.82) is 0 Å². The zero-order valence-corrected chi connectivity index (χ0v) is 23.5. The minimum absolute atomic E-state index is 0.0259. The van der Waals surface area contributed by atoms with Gasteiger partial charge >= 0.3 is 0 Å². The summed E-state index contributed by atoms with van der Waals surface area (Å²) >= 11 is 0. The molecule has 0 radical (unpaired) electrons. The van der Waals surface area contributed by atoms with E-state index in [4.69, 9.17) is 4.74 Å². The molecular formula is C32H30FN3O5S. The maximum atomic E-state index is 13.8. The first-order chi connectivity index (χ1) is 20.3. The van der Waals surface area contributed by atoms with Crippen molar-refractivity contribution in [3.8, 4) is 5.75 Å². The predicted molar refractivity (Wildman–Crippen MR) is 157 cm³/mol. The zero-order valence-electron chi connectivity index (χ0n) is 22.7. The lowest BCUT2D eigenvalue weighted by atomic mass is 10.1. The van der Waals surface area contributed by atoms with Crippen molar-refractivity contribution in [2.75, 3.05) is 24.5 Å². The van der Waals surface area contributed by atoms with Crippen LogP contribution < -0.4 is 15.0 Å². The van der Waals surface area contributed by atoms with Crippen LogP contribution in [0.1, 0.15) is 11.1 Å². The number of nitrogens with one attached hydrogen (secondary N) is 1. The van der Waals surface area contributed by atoms with Gasteiger partial charge in [-0.2, -0.15) is 4.31 Å². The Morgan fingerprint density at radius 3 is 2.21 bits per heavy atom. The number of amides is 2. The number of benzene rings is 4. The lowest BCUT2D eigenvalue weighted by Gasteiger charge is -2.35. The molecule has 8 nitrogen and oxygen atoms in total. The molecule has 216 valence electrons. The standard InChI is InChI=1S/C32H30FN3O5S/c33-26-17-15-25(16-18-26)21-35(42(39,40)27-11-5-2-6-12-27)23-31(37)36-22-30(41-29-14-8-7-13-28(29)36)32(38)34-20-19-24-9-3-1-4-10-24/h1-18,30H,19-23H2,(H,34,38)/t30-/m1/s1. The van der Waals surface area contributed by atoms with E-state index in [1.54, 1.807) is 42.5 Å². The van der Waals surface area contributed by atoms with Crippen LogP contribution in [0.15, 0.2) is 114 Å². The van der Waals surface area contributed by atoms with E-state index in [2.05, 4.69) is 5.32 Å². The molecule has 1 heterocycles. The minimum atomic E-state index is -4.11. The second kappa shape index (κ2) is 13.0. The molecule has 42 heavy (non-hydrogen) atoms. The molecule has 0 aliphatic carbocycles. The Hall–Kier alpha value is -4.54. The Labute approximate surface area is 244 Å². The van der Waals surface area contributed by atoms with Crippen molar-refractivity contribution in [2.24, 2.45) is 0 Å². The molecule has 2 amide bonds. The number of carbonyl (C=O) groups is 2. The quantitative estimate of drug-likeness (QED) is 0.301. The summed E-state index contributed by atoms with van der Waals surface area (Å²) in [5.41, 5.74) is 2.03. The molecule has 1 N–H and O–H groups in total. The second-order valence-electron chi connectivity index (χ2n) is 9.82. The highest BCUT2D eigenvalue weighted by molar-refractivity contribution is 7.89. The van der Waals surface area contributed by atoms with Gasteiger partial charge in [0.25, 0.3) is 5.91 Å². The summed E-state index contributed by atoms with van der Waals surface area (Å²) in [6.45, 7) is -0.369. The molecule has 0 aromatic heterocycles. The number of sulfonamides is 1. The van der Waals surface area contributed by atoms with Crippen molar-refractivity contribution in [3.05, 3.63) is 126 Å². The van der Waals surface area contributed by atoms with Gasteiger partial charge in [-0.1, -0.05) is 72.8 Å². The first kappa shape index (κ1) is 29.0. The smallest absolute Gasteiger partial charge is 0.262 e. The molecule has 10 heteroatoms. The summed E-state index contributed by atoms with van der Waals surface area (Å²) in [6.07, 6.45) is -0.357. The van der Waals surface area contributed by atoms with Crippen molar-refractivity contribution in [2.45, 2.75) is 24.0 Å². The normalized spacial score (nSPS) is 14.6. The fraction of sp³-hybridized carbons (Fsp3) is 0.188. The Morgan fingerprint density at radius 2 is 1.50 bits per heavy atom. The minimum Gasteiger partial charge on any atom is -0.477 e. The summed E-state index contributed by atoms with van der Waals surface area (Å²) in [5, 5.41) is 2.88. The second-order valence-corrected chi connectivity index (χ2v) is 11.8. The molecule has 4 aromatic carbocycles. The predicted octanol–water partition coefficient (Wildman–Crippen LogP) is 4.17. The third-order valence-electron chi connectivity index (χ3n) is 6.89. The summed E-state index contributed by atoms with van der Waals surface area (Å²) in [5.74, 6) is -1.02. The molecule has 0 saturated carbocycles. The van der Waals surface area contributed by atoms with E-state index in [-0.39, 0.29) is 23.9 Å². The Kier molecular flexibility index (Phi) is 8.94. The summed E-state index contributed by atoms with van der Waals surface area (Å²) < 4.78 is 47.9. The van der Waals surface area contributed by atoms with E-state index in [1.165, 1.54) is 41.3 Å². The Balaban J connectivity index is 1.36. The Morgan fingerprint density at radius 1 is 0.857 bits per heavy atom. The molecule has 1 aliphatic heterocycles. The number of rotatable bonds is 10. The molecule has 1 aliphatic rings. The highest BCUT2D eigenvalue weighted by atomic mass is 32.2. The number of hydrogen-bond donors (Lipinski definition) is 1. The molecule has 5 rings (SSSR count). The van der Waals surface area contributed by atoms with Crippen LogP contribution in [0.4, 0.5) is 10.1 Å². The van der Waals surface area contributed by atoms with E-state index in [0.717, 1.165) is 9.87 Å². The van der Waals surface area contributed by atoms with Crippen LogP contribution in [0.3, 0.4) is 0 Å². The summed E-state index contributed by atoms with van der Waals surface area (Å²) in [7, 11) is -4.11. The molecule has 0 spiro atoms. The first-order valence-corrected chi connectivity index (χ1v) is 14.9. The molecular weight excluding hydrogens is 557 g/mol. The van der Waals surface area contributed by atoms with Gasteiger partial charge in [0.05, 0.1) is 23.7 Å². The van der Waals surface area contributed by atoms with Gasteiger partial charge in [-0.3, -0.25) is 9.59 Å². The summed E-state index contributed by atoms with van der Waals surface area (Å²) in [6, 6.07) is 29.8. The van der Waals surface area contributed by atoms with E-state index in [1.807, 2.05) is 30.3 Å². The van der Waals surface area contributed by atoms with Crippen LogP contribution in [-0.2, 0) is 32.6 Å². The monoisotopic (exact) mass is 587 g/mol. The number of halogens is 1. The van der Waals surface area contributed by atoms with Crippen LogP contribution in [0.25, 0.3) is 0 Å². The molecule has 4 aromatic rings.